The van der Waals surface area contributed by atoms with Gasteiger partial charge in [-0.3, -0.25) is 9.59 Å². The van der Waals surface area contributed by atoms with Crippen molar-refractivity contribution in [2.45, 2.75) is 26.2 Å². The van der Waals surface area contributed by atoms with Crippen LogP contribution in [0.1, 0.15) is 41.4 Å². The molecule has 1 N–H and O–H groups in total. The SMILES string of the molecule is CCC(C)c1ccc(OCC(=O)Nc2ccc(N3CCN(C(=O)c4cccs4)CC3)cc2)cc1. The molecule has 2 amide bonds. The molecule has 178 valence electrons. The minimum Gasteiger partial charge on any atom is -0.484 e. The second kappa shape index (κ2) is 11.2. The van der Waals surface area contributed by atoms with Crippen LogP contribution >= 0.6 is 11.3 Å². The molecule has 1 fully saturated rings. The number of carbonyl (C=O) groups is 2. The first-order chi connectivity index (χ1) is 16.5. The van der Waals surface area contributed by atoms with E-state index in [1.54, 1.807) is 0 Å². The second-order valence-corrected chi connectivity index (χ2v) is 9.47. The van der Waals surface area contributed by atoms with Crippen LogP contribution in [0.2, 0.25) is 0 Å². The van der Waals surface area contributed by atoms with Crippen LogP contribution in [0.3, 0.4) is 0 Å². The van der Waals surface area contributed by atoms with E-state index < -0.39 is 0 Å². The van der Waals surface area contributed by atoms with E-state index in [4.69, 9.17) is 4.74 Å². The highest BCUT2D eigenvalue weighted by molar-refractivity contribution is 7.12. The Morgan fingerprint density at radius 2 is 1.71 bits per heavy atom. The average Bonchev–Trinajstić information content (AvgIpc) is 3.43. The van der Waals surface area contributed by atoms with Crippen LogP contribution in [-0.2, 0) is 4.79 Å². The lowest BCUT2D eigenvalue weighted by Crippen LogP contribution is -2.48. The molecule has 1 aliphatic heterocycles. The van der Waals surface area contributed by atoms with Crippen molar-refractivity contribution in [3.63, 3.8) is 0 Å². The third-order valence-corrected chi connectivity index (χ3v) is 7.10. The second-order valence-electron chi connectivity index (χ2n) is 8.52. The molecule has 7 heteroatoms. The average molecular weight is 478 g/mol. The van der Waals surface area contributed by atoms with Gasteiger partial charge in [0.25, 0.3) is 11.8 Å². The summed E-state index contributed by atoms with van der Waals surface area (Å²) in [5, 5.41) is 4.82. The zero-order chi connectivity index (χ0) is 23.9. The van der Waals surface area contributed by atoms with Crippen molar-refractivity contribution in [2.75, 3.05) is 43.0 Å². The van der Waals surface area contributed by atoms with E-state index in [0.29, 0.717) is 24.8 Å². The van der Waals surface area contributed by atoms with Gasteiger partial charge in [0.2, 0.25) is 0 Å². The van der Waals surface area contributed by atoms with Gasteiger partial charge in [0.1, 0.15) is 5.75 Å². The van der Waals surface area contributed by atoms with Gasteiger partial charge in [-0.15, -0.1) is 11.3 Å². The lowest BCUT2D eigenvalue weighted by Gasteiger charge is -2.36. The Balaban J connectivity index is 1.23. The van der Waals surface area contributed by atoms with Gasteiger partial charge in [0.15, 0.2) is 6.61 Å². The number of anilines is 2. The molecule has 0 spiro atoms. The number of amides is 2. The summed E-state index contributed by atoms with van der Waals surface area (Å²) >= 11 is 1.48. The van der Waals surface area contributed by atoms with E-state index in [2.05, 4.69) is 36.2 Å². The zero-order valence-electron chi connectivity index (χ0n) is 19.7. The van der Waals surface area contributed by atoms with Crippen LogP contribution < -0.4 is 15.0 Å². The Hall–Kier alpha value is -3.32. The van der Waals surface area contributed by atoms with Crippen LogP contribution in [0.4, 0.5) is 11.4 Å². The molecule has 3 aromatic rings. The standard InChI is InChI=1S/C27H31N3O3S/c1-3-20(2)21-6-12-24(13-7-21)33-19-26(31)28-22-8-10-23(11-9-22)29-14-16-30(17-15-29)27(32)25-5-4-18-34-25/h4-13,18,20H,3,14-17,19H2,1-2H3,(H,28,31). The smallest absolute Gasteiger partial charge is 0.264 e. The Morgan fingerprint density at radius 3 is 2.32 bits per heavy atom. The van der Waals surface area contributed by atoms with Gasteiger partial charge < -0.3 is 19.9 Å². The number of rotatable bonds is 8. The minimum absolute atomic E-state index is 0.0370. The molecule has 4 rings (SSSR count). The normalized spacial score (nSPS) is 14.5. The van der Waals surface area contributed by atoms with E-state index in [-0.39, 0.29) is 18.4 Å². The van der Waals surface area contributed by atoms with E-state index in [9.17, 15) is 9.59 Å². The summed E-state index contributed by atoms with van der Waals surface area (Å²) in [7, 11) is 0. The fraction of sp³-hybridized carbons (Fsp3) is 0.333. The van der Waals surface area contributed by atoms with Gasteiger partial charge >= 0.3 is 0 Å². The van der Waals surface area contributed by atoms with Crippen molar-refractivity contribution in [1.29, 1.82) is 0 Å². The first kappa shape index (κ1) is 23.8. The zero-order valence-corrected chi connectivity index (χ0v) is 20.5. The summed E-state index contributed by atoms with van der Waals surface area (Å²) in [6.07, 6.45) is 1.09. The Kier molecular flexibility index (Phi) is 7.85. The maximum atomic E-state index is 12.5. The van der Waals surface area contributed by atoms with E-state index in [1.165, 1.54) is 16.9 Å². The summed E-state index contributed by atoms with van der Waals surface area (Å²) in [5.41, 5.74) is 3.09. The lowest BCUT2D eigenvalue weighted by molar-refractivity contribution is -0.118. The molecule has 1 saturated heterocycles. The van der Waals surface area contributed by atoms with E-state index >= 15 is 0 Å². The maximum absolute atomic E-state index is 12.5. The van der Waals surface area contributed by atoms with E-state index in [1.807, 2.05) is 58.8 Å². The summed E-state index contributed by atoms with van der Waals surface area (Å²) in [4.78, 5) is 29.8. The molecule has 0 aliphatic carbocycles. The monoisotopic (exact) mass is 477 g/mol. The predicted molar refractivity (Wildman–Crippen MR) is 138 cm³/mol. The summed E-state index contributed by atoms with van der Waals surface area (Å²) in [6.45, 7) is 7.29. The first-order valence-electron chi connectivity index (χ1n) is 11.7. The van der Waals surface area contributed by atoms with Gasteiger partial charge in [-0.05, 0) is 65.7 Å². The molecule has 1 atom stereocenters. The van der Waals surface area contributed by atoms with Crippen molar-refractivity contribution in [2.24, 2.45) is 0 Å². The van der Waals surface area contributed by atoms with Gasteiger partial charge in [0, 0.05) is 37.6 Å². The number of ether oxygens (including phenoxy) is 1. The van der Waals surface area contributed by atoms with Gasteiger partial charge in [-0.2, -0.15) is 0 Å². The maximum Gasteiger partial charge on any atom is 0.264 e. The molecule has 2 heterocycles. The fourth-order valence-electron chi connectivity index (χ4n) is 3.95. The van der Waals surface area contributed by atoms with Crippen LogP contribution in [-0.4, -0.2) is 49.5 Å². The highest BCUT2D eigenvalue weighted by Crippen LogP contribution is 2.23. The molecule has 0 saturated carbocycles. The minimum atomic E-state index is -0.195. The highest BCUT2D eigenvalue weighted by atomic mass is 32.1. The van der Waals surface area contributed by atoms with E-state index in [0.717, 1.165) is 35.8 Å². The molecule has 1 aliphatic rings. The van der Waals surface area contributed by atoms with Crippen molar-refractivity contribution >= 4 is 34.5 Å². The van der Waals surface area contributed by atoms with Crippen LogP contribution in [0, 0.1) is 0 Å². The number of nitrogens with one attached hydrogen (secondary N) is 1. The molecule has 1 aromatic heterocycles. The van der Waals surface area contributed by atoms with Crippen molar-refractivity contribution < 1.29 is 14.3 Å². The molecule has 6 nitrogen and oxygen atoms in total. The number of thiophene rings is 1. The molecule has 0 radical (unpaired) electrons. The van der Waals surface area contributed by atoms with Crippen molar-refractivity contribution in [1.82, 2.24) is 4.90 Å². The van der Waals surface area contributed by atoms with Gasteiger partial charge in [0.05, 0.1) is 4.88 Å². The van der Waals surface area contributed by atoms with Crippen LogP contribution in [0.5, 0.6) is 5.75 Å². The van der Waals surface area contributed by atoms with Crippen LogP contribution in [0.25, 0.3) is 0 Å². The van der Waals surface area contributed by atoms with Gasteiger partial charge in [-0.25, -0.2) is 0 Å². The molecule has 1 unspecified atom stereocenters. The number of piperazine rings is 1. The Labute approximate surface area is 205 Å². The number of hydrogen-bond donors (Lipinski definition) is 1. The molecular formula is C27H31N3O3S. The molecule has 0 bridgehead atoms. The largest absolute Gasteiger partial charge is 0.484 e. The Bertz CT molecular complexity index is 1070. The van der Waals surface area contributed by atoms with Gasteiger partial charge in [-0.1, -0.05) is 32.0 Å². The topological polar surface area (TPSA) is 61.9 Å². The Morgan fingerprint density at radius 1 is 1.00 bits per heavy atom. The number of benzene rings is 2. The summed E-state index contributed by atoms with van der Waals surface area (Å²) < 4.78 is 5.63. The highest BCUT2D eigenvalue weighted by Gasteiger charge is 2.22. The number of carbonyl (C=O) groups excluding carboxylic acids is 2. The first-order valence-corrected chi connectivity index (χ1v) is 12.6. The predicted octanol–water partition coefficient (Wildman–Crippen LogP) is 5.24. The molecule has 34 heavy (non-hydrogen) atoms. The quantitative estimate of drug-likeness (QED) is 0.482. The summed E-state index contributed by atoms with van der Waals surface area (Å²) in [6, 6.07) is 19.5. The third kappa shape index (κ3) is 5.97. The van der Waals surface area contributed by atoms with Crippen LogP contribution in [0.15, 0.2) is 66.0 Å². The fourth-order valence-corrected chi connectivity index (χ4v) is 4.64. The number of hydrogen-bond acceptors (Lipinski definition) is 5. The molecule has 2 aromatic carbocycles. The number of nitrogens with zero attached hydrogens (tertiary/aromatic N) is 2. The van der Waals surface area contributed by atoms with Crippen molar-refractivity contribution in [3.8, 4) is 5.75 Å². The van der Waals surface area contributed by atoms with Crippen molar-refractivity contribution in [3.05, 3.63) is 76.5 Å². The molecular weight excluding hydrogens is 446 g/mol. The lowest BCUT2D eigenvalue weighted by atomic mass is 9.99. The summed E-state index contributed by atoms with van der Waals surface area (Å²) in [5.74, 6) is 1.12. The third-order valence-electron chi connectivity index (χ3n) is 6.25.